The van der Waals surface area contributed by atoms with Gasteiger partial charge in [0.2, 0.25) is 0 Å². The molecule has 0 aromatic carbocycles. The normalized spacial score (nSPS) is 20.5. The van der Waals surface area contributed by atoms with Crippen molar-refractivity contribution in [3.63, 3.8) is 0 Å². The van der Waals surface area contributed by atoms with Crippen LogP contribution in [0.15, 0.2) is 10.7 Å². The number of nitrogens with zero attached hydrogens (tertiary/aromatic N) is 2. The molecule has 21 heavy (non-hydrogen) atoms. The Morgan fingerprint density at radius 1 is 1.29 bits per heavy atom. The molecule has 1 heterocycles. The average molecular weight is 358 g/mol. The molecule has 2 rings (SSSR count). The van der Waals surface area contributed by atoms with Crippen LogP contribution in [-0.4, -0.2) is 29.5 Å². The number of aromatic nitrogens is 2. The van der Waals surface area contributed by atoms with Crippen LogP contribution in [0, 0.1) is 0 Å². The number of hydrogen-bond acceptors (Lipinski definition) is 3. The fourth-order valence-corrected chi connectivity index (χ4v) is 4.12. The Balaban J connectivity index is 2.44. The van der Waals surface area contributed by atoms with Crippen molar-refractivity contribution in [1.82, 2.24) is 15.1 Å². The van der Waals surface area contributed by atoms with Crippen molar-refractivity contribution >= 4 is 15.9 Å². The van der Waals surface area contributed by atoms with Crippen LogP contribution >= 0.6 is 15.9 Å². The van der Waals surface area contributed by atoms with Crippen molar-refractivity contribution in [3.05, 3.63) is 16.4 Å². The molecule has 120 valence electrons. The van der Waals surface area contributed by atoms with E-state index in [1.54, 1.807) is 0 Å². The van der Waals surface area contributed by atoms with Crippen LogP contribution in [-0.2, 0) is 4.74 Å². The highest BCUT2D eigenvalue weighted by atomic mass is 79.9. The minimum absolute atomic E-state index is 0.138. The van der Waals surface area contributed by atoms with Crippen LogP contribution in [0.5, 0.6) is 0 Å². The highest BCUT2D eigenvalue weighted by molar-refractivity contribution is 9.10. The molecule has 1 fully saturated rings. The zero-order valence-corrected chi connectivity index (χ0v) is 15.2. The number of nitrogens with one attached hydrogen (secondary N) is 1. The fraction of sp³-hybridized carbons (Fsp3) is 0.812. The van der Waals surface area contributed by atoms with Gasteiger partial charge in [-0.1, -0.05) is 25.7 Å². The smallest absolute Gasteiger partial charge is 0.0888 e. The van der Waals surface area contributed by atoms with E-state index in [4.69, 9.17) is 4.74 Å². The second kappa shape index (κ2) is 7.25. The van der Waals surface area contributed by atoms with E-state index in [1.807, 2.05) is 20.4 Å². The summed E-state index contributed by atoms with van der Waals surface area (Å²) in [5.74, 6) is 0. The molecular weight excluding hydrogens is 330 g/mol. The monoisotopic (exact) mass is 357 g/mol. The molecule has 1 aliphatic carbocycles. The van der Waals surface area contributed by atoms with Gasteiger partial charge in [0.25, 0.3) is 0 Å². The van der Waals surface area contributed by atoms with Gasteiger partial charge in [-0.05, 0) is 49.7 Å². The van der Waals surface area contributed by atoms with Crippen molar-refractivity contribution < 1.29 is 4.74 Å². The molecule has 1 atom stereocenters. The number of rotatable bonds is 5. The summed E-state index contributed by atoms with van der Waals surface area (Å²) in [5, 5.41) is 8.06. The van der Waals surface area contributed by atoms with Gasteiger partial charge in [0.1, 0.15) is 0 Å². The summed E-state index contributed by atoms with van der Waals surface area (Å²) in [5.41, 5.74) is 1.07. The van der Waals surface area contributed by atoms with Gasteiger partial charge in [-0.3, -0.25) is 4.68 Å². The minimum Gasteiger partial charge on any atom is -0.376 e. The van der Waals surface area contributed by atoms with E-state index in [2.05, 4.69) is 44.9 Å². The van der Waals surface area contributed by atoms with Crippen LogP contribution in [0.2, 0.25) is 0 Å². The van der Waals surface area contributed by atoms with Crippen molar-refractivity contribution in [2.24, 2.45) is 0 Å². The minimum atomic E-state index is -0.138. The van der Waals surface area contributed by atoms with E-state index in [-0.39, 0.29) is 11.6 Å². The number of halogens is 1. The molecule has 0 bridgehead atoms. The van der Waals surface area contributed by atoms with Crippen LogP contribution in [0.3, 0.4) is 0 Å². The van der Waals surface area contributed by atoms with Crippen molar-refractivity contribution in [2.75, 3.05) is 14.2 Å². The largest absolute Gasteiger partial charge is 0.376 e. The average Bonchev–Trinajstić information content (AvgIpc) is 2.71. The highest BCUT2D eigenvalue weighted by Crippen LogP contribution is 2.42. The second-order valence-electron chi connectivity index (χ2n) is 6.32. The Kier molecular flexibility index (Phi) is 5.86. The molecule has 5 heteroatoms. The summed E-state index contributed by atoms with van der Waals surface area (Å²) in [6.07, 6.45) is 9.20. The van der Waals surface area contributed by atoms with Gasteiger partial charge in [0.15, 0.2) is 0 Å². The molecule has 0 spiro atoms. The van der Waals surface area contributed by atoms with Crippen LogP contribution in [0.1, 0.15) is 70.2 Å². The Bertz CT molecular complexity index is 450. The summed E-state index contributed by atoms with van der Waals surface area (Å²) in [6, 6.07) is 0.488. The Morgan fingerprint density at radius 2 is 1.90 bits per heavy atom. The maximum atomic E-state index is 6.10. The number of methoxy groups -OCH3 is 1. The molecule has 0 radical (unpaired) electrons. The molecule has 1 saturated carbocycles. The molecule has 0 amide bonds. The third-order valence-corrected chi connectivity index (χ3v) is 5.33. The van der Waals surface area contributed by atoms with E-state index in [0.29, 0.717) is 6.04 Å². The van der Waals surface area contributed by atoms with Gasteiger partial charge < -0.3 is 10.1 Å². The fourth-order valence-electron chi connectivity index (χ4n) is 3.62. The Labute approximate surface area is 136 Å². The molecule has 1 aromatic heterocycles. The third kappa shape index (κ3) is 3.35. The molecular formula is C16H28BrN3O. The standard InChI is InChI=1S/C16H28BrN3O/c1-12(2)20-14(13(17)11-19-20)15(18-3)16(21-4)9-7-5-6-8-10-16/h11-12,15,18H,5-10H2,1-4H3. The number of ether oxygens (including phenoxy) is 1. The van der Waals surface area contributed by atoms with Crippen LogP contribution in [0.25, 0.3) is 0 Å². The lowest BCUT2D eigenvalue weighted by Crippen LogP contribution is -2.45. The number of hydrogen-bond donors (Lipinski definition) is 1. The summed E-state index contributed by atoms with van der Waals surface area (Å²) >= 11 is 3.69. The molecule has 4 nitrogen and oxygen atoms in total. The summed E-state index contributed by atoms with van der Waals surface area (Å²) in [7, 11) is 3.89. The highest BCUT2D eigenvalue weighted by Gasteiger charge is 2.42. The van der Waals surface area contributed by atoms with E-state index in [1.165, 1.54) is 31.4 Å². The number of likely N-dealkylation sites (N-methyl/N-ethyl adjacent to an activating group) is 1. The first-order valence-corrected chi connectivity index (χ1v) is 8.80. The molecule has 1 unspecified atom stereocenters. The SMILES string of the molecule is CNC(c1c(Br)cnn1C(C)C)C1(OC)CCCCCC1. The molecule has 0 aliphatic heterocycles. The zero-order valence-electron chi connectivity index (χ0n) is 13.7. The Morgan fingerprint density at radius 3 is 2.38 bits per heavy atom. The quantitative estimate of drug-likeness (QED) is 0.801. The summed E-state index contributed by atoms with van der Waals surface area (Å²) < 4.78 is 9.27. The molecule has 0 saturated heterocycles. The Hall–Kier alpha value is -0.390. The van der Waals surface area contributed by atoms with Crippen molar-refractivity contribution in [3.8, 4) is 0 Å². The first-order chi connectivity index (χ1) is 10.1. The second-order valence-corrected chi connectivity index (χ2v) is 7.18. The molecule has 1 aromatic rings. The van der Waals surface area contributed by atoms with E-state index in [0.717, 1.165) is 17.3 Å². The topological polar surface area (TPSA) is 39.1 Å². The third-order valence-electron chi connectivity index (χ3n) is 4.72. The van der Waals surface area contributed by atoms with E-state index < -0.39 is 0 Å². The zero-order chi connectivity index (χ0) is 15.5. The van der Waals surface area contributed by atoms with Crippen LogP contribution < -0.4 is 5.32 Å². The first-order valence-electron chi connectivity index (χ1n) is 8.01. The van der Waals surface area contributed by atoms with Gasteiger partial charge in [-0.25, -0.2) is 0 Å². The van der Waals surface area contributed by atoms with Crippen molar-refractivity contribution in [1.29, 1.82) is 0 Å². The van der Waals surface area contributed by atoms with Gasteiger partial charge in [0, 0.05) is 13.2 Å². The lowest BCUT2D eigenvalue weighted by Gasteiger charge is -2.40. The lowest BCUT2D eigenvalue weighted by atomic mass is 9.84. The van der Waals surface area contributed by atoms with Gasteiger partial charge in [-0.2, -0.15) is 5.10 Å². The van der Waals surface area contributed by atoms with Gasteiger partial charge in [0.05, 0.1) is 28.0 Å². The predicted molar refractivity (Wildman–Crippen MR) is 89.6 cm³/mol. The summed E-state index contributed by atoms with van der Waals surface area (Å²) in [4.78, 5) is 0. The van der Waals surface area contributed by atoms with E-state index >= 15 is 0 Å². The summed E-state index contributed by atoms with van der Waals surface area (Å²) in [6.45, 7) is 4.34. The van der Waals surface area contributed by atoms with Crippen LogP contribution in [0.4, 0.5) is 0 Å². The molecule has 1 N–H and O–H groups in total. The van der Waals surface area contributed by atoms with Gasteiger partial charge in [-0.15, -0.1) is 0 Å². The van der Waals surface area contributed by atoms with Crippen molar-refractivity contribution in [2.45, 2.75) is 70.1 Å². The first kappa shape index (κ1) is 17.0. The predicted octanol–water partition coefficient (Wildman–Crippen LogP) is 4.23. The lowest BCUT2D eigenvalue weighted by molar-refractivity contribution is -0.0546. The molecule has 1 aliphatic rings. The maximum absolute atomic E-state index is 6.10. The van der Waals surface area contributed by atoms with E-state index in [9.17, 15) is 0 Å². The van der Waals surface area contributed by atoms with Gasteiger partial charge >= 0.3 is 0 Å². The maximum Gasteiger partial charge on any atom is 0.0888 e.